The van der Waals surface area contributed by atoms with Crippen molar-refractivity contribution in [3.8, 4) is 0 Å². The Labute approximate surface area is 308 Å². The zero-order valence-electron chi connectivity index (χ0n) is 32.8. The molecular formula is C41H79O8P. The van der Waals surface area contributed by atoms with Crippen LogP contribution in [0.25, 0.3) is 0 Å². The fourth-order valence-corrected chi connectivity index (χ4v) is 6.73. The second kappa shape index (κ2) is 37.5. The second-order valence-corrected chi connectivity index (χ2v) is 15.5. The summed E-state index contributed by atoms with van der Waals surface area (Å²) in [6.45, 7) is 5.46. The number of phosphoric ester groups is 1. The summed E-state index contributed by atoms with van der Waals surface area (Å²) in [5.74, 6) is -0.795. The maximum atomic E-state index is 12.5. The summed E-state index contributed by atoms with van der Waals surface area (Å²) in [6, 6.07) is 0. The van der Waals surface area contributed by atoms with E-state index in [1.165, 1.54) is 141 Å². The van der Waals surface area contributed by atoms with Gasteiger partial charge >= 0.3 is 19.8 Å². The minimum Gasteiger partial charge on any atom is -0.462 e. The van der Waals surface area contributed by atoms with Gasteiger partial charge in [-0.1, -0.05) is 167 Å². The van der Waals surface area contributed by atoms with Gasteiger partial charge in [0.15, 0.2) is 6.10 Å². The average molecular weight is 731 g/mol. The molecule has 2 unspecified atom stereocenters. The number of allylic oxidation sites excluding steroid dienone is 2. The summed E-state index contributed by atoms with van der Waals surface area (Å²) in [4.78, 5) is 34.6. The number of ether oxygens (including phenoxy) is 2. The number of carbonyl (C=O) groups excluding carboxylic acids is 2. The molecule has 0 spiro atoms. The zero-order chi connectivity index (χ0) is 36.8. The minimum absolute atomic E-state index is 0.00301. The van der Waals surface area contributed by atoms with Gasteiger partial charge in [0.25, 0.3) is 0 Å². The van der Waals surface area contributed by atoms with E-state index in [0.717, 1.165) is 32.1 Å². The van der Waals surface area contributed by atoms with Crippen molar-refractivity contribution in [2.24, 2.45) is 0 Å². The number of phosphoric acid groups is 1. The molecule has 2 atom stereocenters. The molecule has 50 heavy (non-hydrogen) atoms. The molecule has 0 aliphatic heterocycles. The SMILES string of the molecule is CCCCCCCCCC/C=C\CCCCCCCCCCCC(=O)OC(COC(=O)CCCCCCCCCCC)COP(=O)(O)OCC. The van der Waals surface area contributed by atoms with Gasteiger partial charge in [-0.2, -0.15) is 0 Å². The third-order valence-corrected chi connectivity index (χ3v) is 10.1. The number of esters is 2. The highest BCUT2D eigenvalue weighted by atomic mass is 31.2. The predicted molar refractivity (Wildman–Crippen MR) is 207 cm³/mol. The van der Waals surface area contributed by atoms with Crippen molar-refractivity contribution in [1.82, 2.24) is 0 Å². The van der Waals surface area contributed by atoms with Crippen molar-refractivity contribution in [3.05, 3.63) is 12.2 Å². The summed E-state index contributed by atoms with van der Waals surface area (Å²) in [5.41, 5.74) is 0. The number of unbranched alkanes of at least 4 members (excludes halogenated alkanes) is 25. The Kier molecular flexibility index (Phi) is 36.6. The van der Waals surface area contributed by atoms with E-state index < -0.39 is 19.9 Å². The first-order valence-electron chi connectivity index (χ1n) is 21.0. The van der Waals surface area contributed by atoms with E-state index in [2.05, 4.69) is 26.0 Å². The van der Waals surface area contributed by atoms with Crippen molar-refractivity contribution in [3.63, 3.8) is 0 Å². The van der Waals surface area contributed by atoms with E-state index >= 15 is 0 Å². The number of hydrogen-bond donors (Lipinski definition) is 1. The highest BCUT2D eigenvalue weighted by Gasteiger charge is 2.25. The smallest absolute Gasteiger partial charge is 0.462 e. The lowest BCUT2D eigenvalue weighted by atomic mass is 10.1. The van der Waals surface area contributed by atoms with E-state index in [-0.39, 0.29) is 32.2 Å². The first-order valence-corrected chi connectivity index (χ1v) is 22.5. The molecule has 9 heteroatoms. The summed E-state index contributed by atoms with van der Waals surface area (Å²) in [7, 11) is -4.27. The van der Waals surface area contributed by atoms with Crippen molar-refractivity contribution < 1.29 is 37.6 Å². The molecule has 0 rings (SSSR count). The molecule has 0 aliphatic rings. The summed E-state index contributed by atoms with van der Waals surface area (Å²) in [5, 5.41) is 0. The van der Waals surface area contributed by atoms with Gasteiger partial charge in [0.1, 0.15) is 6.61 Å². The third-order valence-electron chi connectivity index (χ3n) is 9.07. The van der Waals surface area contributed by atoms with Crippen LogP contribution < -0.4 is 0 Å². The van der Waals surface area contributed by atoms with Gasteiger partial charge in [0.05, 0.1) is 13.2 Å². The Morgan fingerprint density at radius 2 is 0.900 bits per heavy atom. The Balaban J connectivity index is 3.99. The van der Waals surface area contributed by atoms with Crippen molar-refractivity contribution >= 4 is 19.8 Å². The van der Waals surface area contributed by atoms with Crippen LogP contribution in [0.4, 0.5) is 0 Å². The van der Waals surface area contributed by atoms with Gasteiger partial charge in [0.2, 0.25) is 0 Å². The highest BCUT2D eigenvalue weighted by molar-refractivity contribution is 7.47. The predicted octanol–water partition coefficient (Wildman–Crippen LogP) is 12.9. The van der Waals surface area contributed by atoms with E-state index in [0.29, 0.717) is 12.8 Å². The first kappa shape index (κ1) is 48.8. The van der Waals surface area contributed by atoms with Crippen LogP contribution in [0.3, 0.4) is 0 Å². The number of carbonyl (C=O) groups is 2. The molecule has 0 saturated heterocycles. The van der Waals surface area contributed by atoms with Gasteiger partial charge in [-0.15, -0.1) is 0 Å². The topological polar surface area (TPSA) is 108 Å². The van der Waals surface area contributed by atoms with Gasteiger partial charge in [-0.25, -0.2) is 4.57 Å². The molecule has 0 aliphatic carbocycles. The Hall–Kier alpha value is -1.21. The third kappa shape index (κ3) is 36.6. The quantitative estimate of drug-likeness (QED) is 0.0288. The average Bonchev–Trinajstić information content (AvgIpc) is 3.09. The van der Waals surface area contributed by atoms with E-state index in [1.807, 2.05) is 0 Å². The first-order chi connectivity index (χ1) is 24.3. The Bertz CT molecular complexity index is 833. The monoisotopic (exact) mass is 731 g/mol. The summed E-state index contributed by atoms with van der Waals surface area (Å²) < 4.78 is 32.5. The minimum atomic E-state index is -4.27. The van der Waals surface area contributed by atoms with Gasteiger partial charge < -0.3 is 14.4 Å². The fraction of sp³-hybridized carbons (Fsp3) is 0.902. The largest absolute Gasteiger partial charge is 0.472 e. The Morgan fingerprint density at radius 3 is 1.32 bits per heavy atom. The standard InChI is InChI=1S/C41H79O8P/c1-4-7-9-11-13-15-16-17-18-19-20-21-22-23-24-25-26-28-30-32-34-36-41(43)49-39(38-48-50(44,45)47-6-3)37-46-40(42)35-33-31-29-27-14-12-10-8-5-2/h19-20,39H,4-18,21-38H2,1-3H3,(H,44,45)/b20-19-. The second-order valence-electron chi connectivity index (χ2n) is 14.0. The van der Waals surface area contributed by atoms with E-state index in [1.54, 1.807) is 6.92 Å². The molecule has 0 amide bonds. The molecule has 0 bridgehead atoms. The van der Waals surface area contributed by atoms with Crippen LogP contribution in [0.1, 0.15) is 213 Å². The molecule has 0 aromatic carbocycles. The molecule has 0 heterocycles. The van der Waals surface area contributed by atoms with Crippen LogP contribution in [0, 0.1) is 0 Å². The van der Waals surface area contributed by atoms with Crippen LogP contribution in [-0.2, 0) is 32.7 Å². The van der Waals surface area contributed by atoms with Crippen LogP contribution in [0.5, 0.6) is 0 Å². The lowest BCUT2D eigenvalue weighted by molar-refractivity contribution is -0.161. The fourth-order valence-electron chi connectivity index (χ4n) is 5.98. The molecule has 0 fully saturated rings. The maximum Gasteiger partial charge on any atom is 0.472 e. The van der Waals surface area contributed by atoms with Gasteiger partial charge in [-0.05, 0) is 45.4 Å². The number of hydrogen-bond acceptors (Lipinski definition) is 7. The van der Waals surface area contributed by atoms with Crippen molar-refractivity contribution in [2.45, 2.75) is 219 Å². The lowest BCUT2D eigenvalue weighted by Gasteiger charge is -2.19. The molecular weight excluding hydrogens is 651 g/mol. The number of rotatable bonds is 39. The van der Waals surface area contributed by atoms with Crippen LogP contribution in [0.2, 0.25) is 0 Å². The van der Waals surface area contributed by atoms with E-state index in [9.17, 15) is 19.0 Å². The highest BCUT2D eigenvalue weighted by Crippen LogP contribution is 2.43. The van der Waals surface area contributed by atoms with Gasteiger partial charge in [0, 0.05) is 12.8 Å². The molecule has 1 N–H and O–H groups in total. The summed E-state index contributed by atoms with van der Waals surface area (Å²) in [6.07, 6.45) is 38.5. The molecule has 0 aromatic heterocycles. The molecule has 0 radical (unpaired) electrons. The summed E-state index contributed by atoms with van der Waals surface area (Å²) >= 11 is 0. The van der Waals surface area contributed by atoms with Crippen LogP contribution >= 0.6 is 7.82 Å². The normalized spacial score (nSPS) is 13.4. The molecule has 0 saturated carbocycles. The molecule has 8 nitrogen and oxygen atoms in total. The lowest BCUT2D eigenvalue weighted by Crippen LogP contribution is -2.29. The Morgan fingerprint density at radius 1 is 0.520 bits per heavy atom. The van der Waals surface area contributed by atoms with Crippen molar-refractivity contribution in [1.29, 1.82) is 0 Å². The zero-order valence-corrected chi connectivity index (χ0v) is 33.7. The molecule has 296 valence electrons. The van der Waals surface area contributed by atoms with Crippen molar-refractivity contribution in [2.75, 3.05) is 19.8 Å². The van der Waals surface area contributed by atoms with Crippen LogP contribution in [-0.4, -0.2) is 42.8 Å². The van der Waals surface area contributed by atoms with E-state index in [4.69, 9.17) is 18.5 Å². The molecule has 0 aromatic rings. The van der Waals surface area contributed by atoms with Gasteiger partial charge in [-0.3, -0.25) is 18.6 Å². The van der Waals surface area contributed by atoms with Crippen LogP contribution in [0.15, 0.2) is 12.2 Å². The maximum absolute atomic E-state index is 12.5.